The monoisotopic (exact) mass is 262 g/mol. The lowest BCUT2D eigenvalue weighted by Gasteiger charge is -2.38. The Kier molecular flexibility index (Phi) is 4.43. The van der Waals surface area contributed by atoms with Gasteiger partial charge in [-0.2, -0.15) is 0 Å². The van der Waals surface area contributed by atoms with Crippen molar-refractivity contribution >= 4 is 11.6 Å². The average molecular weight is 262 g/mol. The minimum Gasteiger partial charge on any atom is -0.387 e. The van der Waals surface area contributed by atoms with E-state index in [4.69, 9.17) is 4.74 Å². The smallest absolute Gasteiger partial charge is 0.256 e. The number of carbonyl (C=O) groups is 1. The molecule has 1 heterocycles. The molecule has 104 valence electrons. The predicted octanol–water partition coefficient (Wildman–Crippen LogP) is 2.37. The molecule has 0 saturated carbocycles. The van der Waals surface area contributed by atoms with Gasteiger partial charge in [0.15, 0.2) is 0 Å². The molecule has 4 nitrogen and oxygen atoms in total. The largest absolute Gasteiger partial charge is 0.387 e. The Morgan fingerprint density at radius 3 is 2.89 bits per heavy atom. The highest BCUT2D eigenvalue weighted by Crippen LogP contribution is 2.22. The molecular formula is C15H22N2O2. The summed E-state index contributed by atoms with van der Waals surface area (Å²) in [7, 11) is 1.84. The molecular weight excluding hydrogens is 240 g/mol. The quantitative estimate of drug-likeness (QED) is 0.909. The van der Waals surface area contributed by atoms with Crippen molar-refractivity contribution in [3.8, 4) is 0 Å². The van der Waals surface area contributed by atoms with Crippen LogP contribution in [0, 0.1) is 0 Å². The van der Waals surface area contributed by atoms with Crippen molar-refractivity contribution in [3.05, 3.63) is 29.8 Å². The number of benzene rings is 1. The Morgan fingerprint density at radius 2 is 2.21 bits per heavy atom. The molecule has 0 radical (unpaired) electrons. The maximum atomic E-state index is 12.7. The molecule has 2 atom stereocenters. The van der Waals surface area contributed by atoms with Crippen LogP contribution >= 0.6 is 0 Å². The fourth-order valence-electron chi connectivity index (χ4n) is 2.47. The van der Waals surface area contributed by atoms with Crippen LogP contribution in [0.25, 0.3) is 0 Å². The van der Waals surface area contributed by atoms with Crippen LogP contribution in [0.4, 0.5) is 5.69 Å². The molecule has 4 heteroatoms. The van der Waals surface area contributed by atoms with Crippen molar-refractivity contribution in [1.82, 2.24) is 4.90 Å². The molecule has 1 aliphatic rings. The highest BCUT2D eigenvalue weighted by molar-refractivity contribution is 5.99. The van der Waals surface area contributed by atoms with Gasteiger partial charge in [-0.05, 0) is 25.5 Å². The molecule has 1 fully saturated rings. The van der Waals surface area contributed by atoms with Crippen LogP contribution in [0.5, 0.6) is 0 Å². The SMILES string of the molecule is CCC1COC(C)CN1C(=O)c1ccccc1NC. The van der Waals surface area contributed by atoms with Crippen molar-refractivity contribution in [2.45, 2.75) is 32.4 Å². The number of anilines is 1. The second-order valence-electron chi connectivity index (χ2n) is 4.96. The van der Waals surface area contributed by atoms with E-state index < -0.39 is 0 Å². The number of para-hydroxylation sites is 1. The van der Waals surface area contributed by atoms with Gasteiger partial charge in [0.2, 0.25) is 0 Å². The lowest BCUT2D eigenvalue weighted by Crippen LogP contribution is -2.51. The van der Waals surface area contributed by atoms with E-state index in [1.54, 1.807) is 0 Å². The first kappa shape index (κ1) is 13.9. The van der Waals surface area contributed by atoms with E-state index in [1.807, 2.05) is 43.1 Å². The predicted molar refractivity (Wildman–Crippen MR) is 76.5 cm³/mol. The van der Waals surface area contributed by atoms with Crippen molar-refractivity contribution < 1.29 is 9.53 Å². The summed E-state index contributed by atoms with van der Waals surface area (Å²) in [5, 5.41) is 3.08. The van der Waals surface area contributed by atoms with Gasteiger partial charge >= 0.3 is 0 Å². The Bertz CT molecular complexity index is 448. The van der Waals surface area contributed by atoms with Crippen LogP contribution in [-0.2, 0) is 4.74 Å². The van der Waals surface area contributed by atoms with Crippen LogP contribution in [0.1, 0.15) is 30.6 Å². The van der Waals surface area contributed by atoms with Gasteiger partial charge in [0.25, 0.3) is 5.91 Å². The summed E-state index contributed by atoms with van der Waals surface area (Å²) in [5.41, 5.74) is 1.61. The molecule has 0 spiro atoms. The third-order valence-electron chi connectivity index (χ3n) is 3.63. The van der Waals surface area contributed by atoms with Crippen molar-refractivity contribution in [2.24, 2.45) is 0 Å². The van der Waals surface area contributed by atoms with E-state index in [9.17, 15) is 4.79 Å². The molecule has 2 rings (SSSR count). The van der Waals surface area contributed by atoms with Crippen molar-refractivity contribution in [3.63, 3.8) is 0 Å². The first-order valence-electron chi connectivity index (χ1n) is 6.86. The molecule has 1 saturated heterocycles. The second kappa shape index (κ2) is 6.06. The molecule has 0 aliphatic carbocycles. The molecule has 1 aromatic carbocycles. The van der Waals surface area contributed by atoms with E-state index in [1.165, 1.54) is 0 Å². The molecule has 1 aromatic rings. The number of hydrogen-bond acceptors (Lipinski definition) is 3. The van der Waals surface area contributed by atoms with Gasteiger partial charge < -0.3 is 15.0 Å². The number of rotatable bonds is 3. The van der Waals surface area contributed by atoms with Crippen LogP contribution < -0.4 is 5.32 Å². The van der Waals surface area contributed by atoms with Gasteiger partial charge in [-0.15, -0.1) is 0 Å². The lowest BCUT2D eigenvalue weighted by atomic mass is 10.1. The topological polar surface area (TPSA) is 41.6 Å². The van der Waals surface area contributed by atoms with Gasteiger partial charge in [-0.1, -0.05) is 19.1 Å². The number of nitrogens with one attached hydrogen (secondary N) is 1. The van der Waals surface area contributed by atoms with E-state index in [0.717, 1.165) is 17.7 Å². The third-order valence-corrected chi connectivity index (χ3v) is 3.63. The first-order valence-corrected chi connectivity index (χ1v) is 6.86. The van der Waals surface area contributed by atoms with E-state index >= 15 is 0 Å². The molecule has 1 amide bonds. The average Bonchev–Trinajstić information content (AvgIpc) is 2.46. The minimum atomic E-state index is 0.0898. The Morgan fingerprint density at radius 1 is 1.47 bits per heavy atom. The molecule has 0 aromatic heterocycles. The summed E-state index contributed by atoms with van der Waals surface area (Å²) in [6.45, 7) is 5.39. The Labute approximate surface area is 114 Å². The van der Waals surface area contributed by atoms with Crippen molar-refractivity contribution in [2.75, 3.05) is 25.5 Å². The van der Waals surface area contributed by atoms with Crippen LogP contribution in [0.3, 0.4) is 0 Å². The number of morpholine rings is 1. The Hall–Kier alpha value is -1.55. The van der Waals surface area contributed by atoms with Gasteiger partial charge in [0.05, 0.1) is 24.3 Å². The highest BCUT2D eigenvalue weighted by Gasteiger charge is 2.30. The summed E-state index contributed by atoms with van der Waals surface area (Å²) in [6.07, 6.45) is 1.02. The van der Waals surface area contributed by atoms with Crippen molar-refractivity contribution in [1.29, 1.82) is 0 Å². The molecule has 0 bridgehead atoms. The van der Waals surface area contributed by atoms with Gasteiger partial charge in [-0.25, -0.2) is 0 Å². The van der Waals surface area contributed by atoms with Crippen LogP contribution in [-0.4, -0.2) is 43.2 Å². The Balaban J connectivity index is 2.26. The zero-order valence-corrected chi connectivity index (χ0v) is 11.8. The molecule has 19 heavy (non-hydrogen) atoms. The first-order chi connectivity index (χ1) is 9.17. The summed E-state index contributed by atoms with van der Waals surface area (Å²) in [6, 6.07) is 7.81. The normalized spacial score (nSPS) is 23.2. The van der Waals surface area contributed by atoms with Crippen LogP contribution in [0.15, 0.2) is 24.3 Å². The number of nitrogens with zero attached hydrogens (tertiary/aromatic N) is 1. The molecule has 2 unspecified atom stereocenters. The van der Waals surface area contributed by atoms with Gasteiger partial charge in [0, 0.05) is 19.3 Å². The zero-order valence-electron chi connectivity index (χ0n) is 11.8. The van der Waals surface area contributed by atoms with E-state index in [-0.39, 0.29) is 18.1 Å². The molecule has 1 N–H and O–H groups in total. The van der Waals surface area contributed by atoms with Gasteiger partial charge in [0.1, 0.15) is 0 Å². The molecule has 1 aliphatic heterocycles. The van der Waals surface area contributed by atoms with Gasteiger partial charge in [-0.3, -0.25) is 4.79 Å². The van der Waals surface area contributed by atoms with E-state index in [2.05, 4.69) is 12.2 Å². The second-order valence-corrected chi connectivity index (χ2v) is 4.96. The summed E-state index contributed by atoms with van der Waals surface area (Å²) in [5.74, 6) is 0.0898. The summed E-state index contributed by atoms with van der Waals surface area (Å²) < 4.78 is 5.64. The number of ether oxygens (including phenoxy) is 1. The van der Waals surface area contributed by atoms with Crippen LogP contribution in [0.2, 0.25) is 0 Å². The standard InChI is InChI=1S/C15H22N2O2/c1-4-12-10-19-11(2)9-17(12)15(18)13-7-5-6-8-14(13)16-3/h5-8,11-12,16H,4,9-10H2,1-3H3. The zero-order chi connectivity index (χ0) is 13.8. The highest BCUT2D eigenvalue weighted by atomic mass is 16.5. The maximum Gasteiger partial charge on any atom is 0.256 e. The fourth-order valence-corrected chi connectivity index (χ4v) is 2.47. The fraction of sp³-hybridized carbons (Fsp3) is 0.533. The maximum absolute atomic E-state index is 12.7. The van der Waals surface area contributed by atoms with E-state index in [0.29, 0.717) is 13.2 Å². The minimum absolute atomic E-state index is 0.0898. The number of carbonyl (C=O) groups excluding carboxylic acids is 1. The summed E-state index contributed by atoms with van der Waals surface area (Å²) >= 11 is 0. The number of hydrogen-bond donors (Lipinski definition) is 1. The lowest BCUT2D eigenvalue weighted by molar-refractivity contribution is -0.0443. The summed E-state index contributed by atoms with van der Waals surface area (Å²) in [4.78, 5) is 14.7. The number of amides is 1. The third kappa shape index (κ3) is 2.89.